The highest BCUT2D eigenvalue weighted by molar-refractivity contribution is 6.11. The van der Waals surface area contributed by atoms with Crippen molar-refractivity contribution in [3.8, 4) is 0 Å². The molecule has 0 saturated heterocycles. The Morgan fingerprint density at radius 3 is 2.29 bits per heavy atom. The molecule has 0 aliphatic rings. The van der Waals surface area contributed by atoms with Gasteiger partial charge in [-0.25, -0.2) is 4.79 Å². The van der Waals surface area contributed by atoms with Crippen LogP contribution in [-0.2, 0) is 9.53 Å². The molecule has 7 nitrogen and oxygen atoms in total. The van der Waals surface area contributed by atoms with Crippen LogP contribution in [-0.4, -0.2) is 30.9 Å². The third-order valence-electron chi connectivity index (χ3n) is 4.26. The molecule has 0 fully saturated rings. The number of nitrogens with two attached hydrogens (primary N) is 1. The van der Waals surface area contributed by atoms with Crippen molar-refractivity contribution in [2.75, 3.05) is 18.2 Å². The number of ether oxygens (including phenoxy) is 1. The molecule has 0 aliphatic heterocycles. The maximum atomic E-state index is 12.7. The van der Waals surface area contributed by atoms with Crippen molar-refractivity contribution < 1.29 is 19.1 Å². The van der Waals surface area contributed by atoms with E-state index in [2.05, 4.69) is 10.6 Å². The molecule has 2 amide bonds. The van der Waals surface area contributed by atoms with Gasteiger partial charge in [-0.3, -0.25) is 9.59 Å². The summed E-state index contributed by atoms with van der Waals surface area (Å²) in [5, 5.41) is 5.41. The first-order valence-electron chi connectivity index (χ1n) is 9.11. The van der Waals surface area contributed by atoms with Gasteiger partial charge in [0.05, 0.1) is 23.9 Å². The quantitative estimate of drug-likeness (QED) is 0.479. The highest BCUT2D eigenvalue weighted by Crippen LogP contribution is 2.19. The largest absolute Gasteiger partial charge is 0.467 e. The van der Waals surface area contributed by atoms with Crippen LogP contribution < -0.4 is 16.4 Å². The number of benzene rings is 2. The van der Waals surface area contributed by atoms with Crippen molar-refractivity contribution in [1.29, 1.82) is 0 Å². The van der Waals surface area contributed by atoms with Crippen LogP contribution in [0.4, 0.5) is 11.4 Å². The number of methoxy groups -OCH3 is 1. The molecule has 4 N–H and O–H groups in total. The molecule has 0 bridgehead atoms. The average Bonchev–Trinajstić information content (AvgIpc) is 2.71. The Morgan fingerprint density at radius 1 is 1.00 bits per heavy atom. The Morgan fingerprint density at radius 2 is 1.64 bits per heavy atom. The SMILES string of the molecule is CCCCC(NC(=O)c1ccccc1NC(=O)c1ccccc1N)C(=O)OC. The highest BCUT2D eigenvalue weighted by atomic mass is 16.5. The van der Waals surface area contributed by atoms with Crippen LogP contribution >= 0.6 is 0 Å². The number of rotatable bonds is 8. The summed E-state index contributed by atoms with van der Waals surface area (Å²) in [7, 11) is 1.28. The Hall–Kier alpha value is -3.35. The van der Waals surface area contributed by atoms with Gasteiger partial charge < -0.3 is 21.1 Å². The molecule has 0 aliphatic carbocycles. The van der Waals surface area contributed by atoms with E-state index < -0.39 is 23.8 Å². The van der Waals surface area contributed by atoms with E-state index in [-0.39, 0.29) is 5.56 Å². The van der Waals surface area contributed by atoms with Crippen molar-refractivity contribution in [1.82, 2.24) is 5.32 Å². The van der Waals surface area contributed by atoms with Crippen LogP contribution in [0.1, 0.15) is 46.9 Å². The third-order valence-corrected chi connectivity index (χ3v) is 4.26. The van der Waals surface area contributed by atoms with Crippen molar-refractivity contribution in [2.24, 2.45) is 0 Å². The van der Waals surface area contributed by atoms with Gasteiger partial charge in [0.25, 0.3) is 11.8 Å². The molecular weight excluding hydrogens is 358 g/mol. The lowest BCUT2D eigenvalue weighted by Crippen LogP contribution is -2.41. The van der Waals surface area contributed by atoms with Gasteiger partial charge in [-0.05, 0) is 30.7 Å². The zero-order chi connectivity index (χ0) is 20.5. The molecule has 0 radical (unpaired) electrons. The molecule has 1 unspecified atom stereocenters. The summed E-state index contributed by atoms with van der Waals surface area (Å²) in [6, 6.07) is 12.5. The number of nitrogen functional groups attached to an aromatic ring is 1. The second-order valence-corrected chi connectivity index (χ2v) is 6.28. The Balaban J connectivity index is 2.20. The van der Waals surface area contributed by atoms with E-state index in [1.807, 2.05) is 6.92 Å². The first kappa shape index (κ1) is 21.0. The van der Waals surface area contributed by atoms with Gasteiger partial charge in [-0.2, -0.15) is 0 Å². The number of nitrogens with one attached hydrogen (secondary N) is 2. The number of esters is 1. The lowest BCUT2D eigenvalue weighted by atomic mass is 10.1. The molecule has 1 atom stereocenters. The van der Waals surface area contributed by atoms with E-state index in [1.165, 1.54) is 7.11 Å². The normalized spacial score (nSPS) is 11.4. The number of amides is 2. The van der Waals surface area contributed by atoms with Gasteiger partial charge >= 0.3 is 5.97 Å². The summed E-state index contributed by atoms with van der Waals surface area (Å²) in [5.74, 6) is -1.39. The maximum absolute atomic E-state index is 12.7. The fourth-order valence-electron chi connectivity index (χ4n) is 2.72. The molecule has 0 heterocycles. The van der Waals surface area contributed by atoms with Gasteiger partial charge in [-0.1, -0.05) is 44.0 Å². The highest BCUT2D eigenvalue weighted by Gasteiger charge is 2.23. The number of carbonyl (C=O) groups excluding carboxylic acids is 3. The Labute approximate surface area is 164 Å². The summed E-state index contributed by atoms with van der Waals surface area (Å²) in [6.45, 7) is 2.00. The van der Waals surface area contributed by atoms with E-state index in [0.29, 0.717) is 23.4 Å². The molecule has 2 aromatic rings. The molecule has 2 rings (SSSR count). The molecule has 0 saturated carbocycles. The third kappa shape index (κ3) is 5.33. The molecule has 148 valence electrons. The van der Waals surface area contributed by atoms with Crippen molar-refractivity contribution in [3.63, 3.8) is 0 Å². The van der Waals surface area contributed by atoms with Gasteiger partial charge in [0.15, 0.2) is 0 Å². The van der Waals surface area contributed by atoms with E-state index in [9.17, 15) is 14.4 Å². The zero-order valence-electron chi connectivity index (χ0n) is 16.0. The predicted molar refractivity (Wildman–Crippen MR) is 108 cm³/mol. The topological polar surface area (TPSA) is 111 Å². The van der Waals surface area contributed by atoms with Crippen molar-refractivity contribution in [3.05, 3.63) is 59.7 Å². The van der Waals surface area contributed by atoms with Gasteiger partial charge in [0.1, 0.15) is 6.04 Å². The molecular formula is C21H25N3O4. The number of unbranched alkanes of at least 4 members (excludes halogenated alkanes) is 1. The van der Waals surface area contributed by atoms with Gasteiger partial charge in [0.2, 0.25) is 0 Å². The number of anilines is 2. The minimum absolute atomic E-state index is 0.246. The number of para-hydroxylation sites is 2. The first-order valence-corrected chi connectivity index (χ1v) is 9.11. The number of carbonyl (C=O) groups is 3. The first-order chi connectivity index (χ1) is 13.5. The second-order valence-electron chi connectivity index (χ2n) is 6.28. The van der Waals surface area contributed by atoms with Crippen LogP contribution in [0.2, 0.25) is 0 Å². The number of hydrogen-bond acceptors (Lipinski definition) is 5. The average molecular weight is 383 g/mol. The van der Waals surface area contributed by atoms with Crippen LogP contribution in [0.5, 0.6) is 0 Å². The fraction of sp³-hybridized carbons (Fsp3) is 0.286. The minimum Gasteiger partial charge on any atom is -0.467 e. The molecule has 0 spiro atoms. The van der Waals surface area contributed by atoms with Crippen LogP contribution in [0.3, 0.4) is 0 Å². The molecule has 2 aromatic carbocycles. The second kappa shape index (κ2) is 10.1. The molecule has 0 aromatic heterocycles. The monoisotopic (exact) mass is 383 g/mol. The minimum atomic E-state index is -0.744. The summed E-state index contributed by atoms with van der Waals surface area (Å²) < 4.78 is 4.77. The van der Waals surface area contributed by atoms with Crippen molar-refractivity contribution >= 4 is 29.2 Å². The lowest BCUT2D eigenvalue weighted by Gasteiger charge is -2.18. The Bertz CT molecular complexity index is 851. The smallest absolute Gasteiger partial charge is 0.328 e. The summed E-state index contributed by atoms with van der Waals surface area (Å²) >= 11 is 0. The van der Waals surface area contributed by atoms with E-state index >= 15 is 0 Å². The Kier molecular flexibility index (Phi) is 7.56. The fourth-order valence-corrected chi connectivity index (χ4v) is 2.72. The van der Waals surface area contributed by atoms with Gasteiger partial charge in [-0.15, -0.1) is 0 Å². The number of hydrogen-bond donors (Lipinski definition) is 3. The standard InChI is InChI=1S/C21H25N3O4/c1-3-4-12-18(21(27)28-2)24-20(26)15-10-6-8-13-17(15)23-19(25)14-9-5-7-11-16(14)22/h5-11,13,18H,3-4,12,22H2,1-2H3,(H,23,25)(H,24,26). The molecule has 7 heteroatoms. The van der Waals surface area contributed by atoms with E-state index in [1.54, 1.807) is 48.5 Å². The predicted octanol–water partition coefficient (Wildman–Crippen LogP) is 2.98. The van der Waals surface area contributed by atoms with E-state index in [4.69, 9.17) is 10.5 Å². The maximum Gasteiger partial charge on any atom is 0.328 e. The summed E-state index contributed by atoms with van der Waals surface area (Å²) in [4.78, 5) is 37.2. The summed E-state index contributed by atoms with van der Waals surface area (Å²) in [5.41, 5.74) is 7.07. The molecule has 28 heavy (non-hydrogen) atoms. The summed E-state index contributed by atoms with van der Waals surface area (Å²) in [6.07, 6.45) is 2.13. The van der Waals surface area contributed by atoms with Crippen molar-refractivity contribution in [2.45, 2.75) is 32.2 Å². The van der Waals surface area contributed by atoms with Crippen LogP contribution in [0.15, 0.2) is 48.5 Å². The van der Waals surface area contributed by atoms with Crippen LogP contribution in [0, 0.1) is 0 Å². The van der Waals surface area contributed by atoms with Gasteiger partial charge in [0, 0.05) is 5.69 Å². The lowest BCUT2D eigenvalue weighted by molar-refractivity contribution is -0.143. The van der Waals surface area contributed by atoms with E-state index in [0.717, 1.165) is 12.8 Å². The van der Waals surface area contributed by atoms with Crippen LogP contribution in [0.25, 0.3) is 0 Å². The zero-order valence-corrected chi connectivity index (χ0v) is 16.0.